The summed E-state index contributed by atoms with van der Waals surface area (Å²) in [6.45, 7) is -0.915. The highest BCUT2D eigenvalue weighted by atomic mass is 35.5. The van der Waals surface area contributed by atoms with Crippen LogP contribution >= 0.6 is 11.6 Å². The topological polar surface area (TPSA) is 38.1 Å². The Morgan fingerprint density at radius 1 is 1.31 bits per heavy atom. The van der Waals surface area contributed by atoms with E-state index in [2.05, 4.69) is 5.10 Å². The van der Waals surface area contributed by atoms with E-state index in [1.165, 1.54) is 0 Å². The van der Waals surface area contributed by atoms with Crippen LogP contribution in [0.25, 0.3) is 0 Å². The average Bonchev–Trinajstić information content (AvgIpc) is 3.40. The number of halogens is 8. The number of carbonyl (C=O) groups excluding carboxylic acids is 1. The van der Waals surface area contributed by atoms with Gasteiger partial charge in [-0.05, 0) is 25.0 Å². The zero-order chi connectivity index (χ0) is 21.7. The van der Waals surface area contributed by atoms with Gasteiger partial charge in [0.1, 0.15) is 17.1 Å². The van der Waals surface area contributed by atoms with E-state index in [1.54, 1.807) is 0 Å². The molecule has 1 fully saturated rings. The number of benzene rings is 1. The minimum Gasteiger partial charge on any atom is -0.331 e. The van der Waals surface area contributed by atoms with Crippen molar-refractivity contribution in [2.45, 2.75) is 38.0 Å². The fourth-order valence-electron chi connectivity index (χ4n) is 2.95. The van der Waals surface area contributed by atoms with Crippen LogP contribution in [0.1, 0.15) is 46.4 Å². The molecule has 0 saturated heterocycles. The van der Waals surface area contributed by atoms with Gasteiger partial charge >= 0.3 is 6.18 Å². The van der Waals surface area contributed by atoms with E-state index in [1.807, 2.05) is 0 Å². The molecule has 1 saturated carbocycles. The fraction of sp³-hybridized carbons (Fsp3) is 0.412. The molecule has 1 heterocycles. The van der Waals surface area contributed by atoms with Crippen molar-refractivity contribution >= 4 is 17.5 Å². The molecule has 2 aromatic rings. The van der Waals surface area contributed by atoms with E-state index < -0.39 is 70.3 Å². The van der Waals surface area contributed by atoms with Crippen molar-refractivity contribution < 1.29 is 35.5 Å². The van der Waals surface area contributed by atoms with Gasteiger partial charge in [0.25, 0.3) is 12.3 Å². The van der Waals surface area contributed by atoms with Crippen molar-refractivity contribution in [2.75, 3.05) is 0 Å². The summed E-state index contributed by atoms with van der Waals surface area (Å²) in [5.41, 5.74) is -4.47. The lowest BCUT2D eigenvalue weighted by Crippen LogP contribution is -2.35. The Labute approximate surface area is 164 Å². The number of carbonyl (C=O) groups is 1. The molecule has 0 atom stereocenters. The summed E-state index contributed by atoms with van der Waals surface area (Å²) in [5.74, 6) is -4.04. The number of amides is 1. The predicted molar refractivity (Wildman–Crippen MR) is 87.4 cm³/mol. The van der Waals surface area contributed by atoms with Crippen molar-refractivity contribution in [3.8, 4) is 0 Å². The Morgan fingerprint density at radius 2 is 1.93 bits per heavy atom. The van der Waals surface area contributed by atoms with Gasteiger partial charge < -0.3 is 4.90 Å². The lowest BCUT2D eigenvalue weighted by Gasteiger charge is -2.25. The van der Waals surface area contributed by atoms with Gasteiger partial charge in [-0.25, -0.2) is 17.9 Å². The van der Waals surface area contributed by atoms with Crippen molar-refractivity contribution in [2.24, 2.45) is 7.05 Å². The zero-order valence-corrected chi connectivity index (χ0v) is 15.5. The van der Waals surface area contributed by atoms with Gasteiger partial charge in [0, 0.05) is 25.2 Å². The maximum absolute atomic E-state index is 14.4. The summed E-state index contributed by atoms with van der Waals surface area (Å²) < 4.78 is 95.4. The highest BCUT2D eigenvalue weighted by molar-refractivity contribution is 6.30. The highest BCUT2D eigenvalue weighted by Crippen LogP contribution is 2.38. The Kier molecular flexibility index (Phi) is 5.54. The molecule has 1 aromatic carbocycles. The number of aryl methyl sites for hydroxylation is 1. The number of aromatic nitrogens is 2. The average molecular weight is 444 g/mol. The molecule has 0 bridgehead atoms. The van der Waals surface area contributed by atoms with Gasteiger partial charge in [-0.3, -0.25) is 4.79 Å². The predicted octanol–water partition coefficient (Wildman–Crippen LogP) is 5.11. The maximum atomic E-state index is 14.4. The Hall–Kier alpha value is -2.30. The largest absolute Gasteiger partial charge is 0.416 e. The molecule has 1 amide bonds. The van der Waals surface area contributed by atoms with Crippen LogP contribution in [0.15, 0.2) is 12.1 Å². The van der Waals surface area contributed by atoms with Crippen LogP contribution in [0, 0.1) is 11.8 Å². The van der Waals surface area contributed by atoms with Crippen molar-refractivity contribution in [3.63, 3.8) is 0 Å². The van der Waals surface area contributed by atoms with Crippen molar-refractivity contribution in [1.82, 2.24) is 14.7 Å². The summed E-state index contributed by atoms with van der Waals surface area (Å²) in [6, 6.07) is 0.639. The molecule has 4 nitrogen and oxygen atoms in total. The molecule has 0 aliphatic heterocycles. The molecule has 1 aliphatic rings. The summed E-state index contributed by atoms with van der Waals surface area (Å²) >= 11 is 5.59. The third-order valence-corrected chi connectivity index (χ3v) is 4.80. The van der Waals surface area contributed by atoms with Crippen LogP contribution in [-0.2, 0) is 19.8 Å². The molecule has 0 spiro atoms. The summed E-state index contributed by atoms with van der Waals surface area (Å²) in [4.78, 5) is 13.6. The first-order chi connectivity index (χ1) is 13.4. The van der Waals surface area contributed by atoms with Gasteiger partial charge in [-0.15, -0.1) is 0 Å². The monoisotopic (exact) mass is 443 g/mol. The smallest absolute Gasteiger partial charge is 0.331 e. The van der Waals surface area contributed by atoms with E-state index in [9.17, 15) is 35.5 Å². The van der Waals surface area contributed by atoms with E-state index in [0.29, 0.717) is 23.6 Å². The number of hydrogen-bond donors (Lipinski definition) is 0. The molecule has 3 rings (SSSR count). The second kappa shape index (κ2) is 7.51. The quantitative estimate of drug-likeness (QED) is 0.602. The molecule has 158 valence electrons. The first-order valence-electron chi connectivity index (χ1n) is 8.29. The second-order valence-electron chi connectivity index (χ2n) is 6.52. The second-order valence-corrected chi connectivity index (χ2v) is 6.93. The molecular formula is C17H13ClF7N3O. The highest BCUT2D eigenvalue weighted by Gasteiger charge is 2.41. The number of hydrogen-bond acceptors (Lipinski definition) is 2. The van der Waals surface area contributed by atoms with Crippen molar-refractivity contribution in [1.29, 1.82) is 0 Å². The van der Waals surface area contributed by atoms with Gasteiger partial charge in [-0.2, -0.15) is 22.7 Å². The normalized spacial score (nSPS) is 14.6. The molecule has 12 heteroatoms. The van der Waals surface area contributed by atoms with E-state index in [4.69, 9.17) is 11.6 Å². The zero-order valence-electron chi connectivity index (χ0n) is 14.7. The van der Waals surface area contributed by atoms with Crippen LogP contribution in [0.4, 0.5) is 30.7 Å². The molecule has 0 radical (unpaired) electrons. The molecular weight excluding hydrogens is 431 g/mol. The number of rotatable bonds is 5. The fourth-order valence-corrected chi connectivity index (χ4v) is 3.13. The lowest BCUT2D eigenvalue weighted by atomic mass is 10.0. The molecule has 29 heavy (non-hydrogen) atoms. The number of alkyl halides is 5. The standard InChI is InChI=1S/C17H13ClF7N3O/c1-27-15(22)11(13(26-27)14(20)21)16(29)28(7-2-3-7)6-8-9(17(23,24)25)4-5-10(18)12(8)19/h4-5,7,14H,2-3,6H2,1H3. The van der Waals surface area contributed by atoms with Gasteiger partial charge in [0.2, 0.25) is 5.95 Å². The van der Waals surface area contributed by atoms with Gasteiger partial charge in [0.05, 0.1) is 10.6 Å². The number of nitrogens with zero attached hydrogens (tertiary/aromatic N) is 3. The van der Waals surface area contributed by atoms with Gasteiger partial charge in [-0.1, -0.05) is 11.6 Å². The van der Waals surface area contributed by atoms with Crippen LogP contribution in [0.5, 0.6) is 0 Å². The third kappa shape index (κ3) is 4.05. The molecule has 0 N–H and O–H groups in total. The first-order valence-corrected chi connectivity index (χ1v) is 8.66. The lowest BCUT2D eigenvalue weighted by molar-refractivity contribution is -0.138. The molecule has 1 aliphatic carbocycles. The maximum Gasteiger partial charge on any atom is 0.416 e. The SMILES string of the molecule is Cn1nc(C(F)F)c(C(=O)N(Cc2c(C(F)(F)F)ccc(Cl)c2F)C2CC2)c1F. The first kappa shape index (κ1) is 21.4. The van der Waals surface area contributed by atoms with E-state index in [0.717, 1.165) is 18.0 Å². The minimum absolute atomic E-state index is 0.348. The van der Waals surface area contributed by atoms with Crippen LogP contribution in [0.3, 0.4) is 0 Å². The molecule has 0 unspecified atom stereocenters. The molecule has 1 aromatic heterocycles. The van der Waals surface area contributed by atoms with Crippen LogP contribution < -0.4 is 0 Å². The summed E-state index contributed by atoms with van der Waals surface area (Å²) in [6.07, 6.45) is -7.55. The van der Waals surface area contributed by atoms with Crippen molar-refractivity contribution in [3.05, 3.63) is 51.3 Å². The van der Waals surface area contributed by atoms with E-state index in [-0.39, 0.29) is 0 Å². The Bertz CT molecular complexity index is 953. The van der Waals surface area contributed by atoms with Crippen LogP contribution in [-0.4, -0.2) is 26.6 Å². The Morgan fingerprint density at radius 3 is 2.45 bits per heavy atom. The van der Waals surface area contributed by atoms with Gasteiger partial charge in [0.15, 0.2) is 0 Å². The Balaban J connectivity index is 2.07. The van der Waals surface area contributed by atoms with Crippen LogP contribution in [0.2, 0.25) is 5.02 Å². The summed E-state index contributed by atoms with van der Waals surface area (Å²) in [5, 5.41) is 2.66. The minimum atomic E-state index is -4.95. The summed E-state index contributed by atoms with van der Waals surface area (Å²) in [7, 11) is 0.998. The van der Waals surface area contributed by atoms with E-state index >= 15 is 0 Å². The third-order valence-electron chi connectivity index (χ3n) is 4.50.